The number of nitrogens with one attached hydrogen (secondary N) is 2. The molecule has 1 saturated heterocycles. The van der Waals surface area contributed by atoms with Crippen LogP contribution < -0.4 is 10.6 Å². The Morgan fingerprint density at radius 2 is 2.10 bits per heavy atom. The Balaban J connectivity index is 1.43. The molecule has 156 valence electrons. The molecule has 1 atom stereocenters. The second-order valence-corrected chi connectivity index (χ2v) is 8.59. The fraction of sp³-hybridized carbons (Fsp3) is 0.333. The van der Waals surface area contributed by atoms with E-state index in [1.54, 1.807) is 41.5 Å². The molecule has 2 aliphatic rings. The summed E-state index contributed by atoms with van der Waals surface area (Å²) in [6, 6.07) is 6.25. The highest BCUT2D eigenvalue weighted by Gasteiger charge is 2.39. The lowest BCUT2D eigenvalue weighted by atomic mass is 10.0. The van der Waals surface area contributed by atoms with Crippen molar-refractivity contribution in [3.63, 3.8) is 0 Å². The zero-order valence-electron chi connectivity index (χ0n) is 16.7. The molecule has 0 radical (unpaired) electrons. The maximum Gasteiger partial charge on any atom is 0.321 e. The third kappa shape index (κ3) is 3.80. The van der Waals surface area contributed by atoms with Crippen molar-refractivity contribution in [3.05, 3.63) is 51.2 Å². The largest absolute Gasteiger partial charge is 0.322 e. The molecule has 0 saturated carbocycles. The predicted octanol–water partition coefficient (Wildman–Crippen LogP) is 2.48. The van der Waals surface area contributed by atoms with E-state index in [0.29, 0.717) is 24.2 Å². The number of fused-ring (bicyclic) bond motifs is 1. The smallest absolute Gasteiger partial charge is 0.321 e. The number of nitrogens with zero attached hydrogens (tertiary/aromatic N) is 2. The summed E-state index contributed by atoms with van der Waals surface area (Å²) in [5, 5.41) is 7.16. The van der Waals surface area contributed by atoms with Gasteiger partial charge in [0, 0.05) is 36.1 Å². The number of carbonyl (C=O) groups is 4. The number of aryl methyl sites for hydroxylation is 1. The number of imide groups is 1. The molecular formula is C21H22N4O4S. The molecule has 3 heterocycles. The summed E-state index contributed by atoms with van der Waals surface area (Å²) in [4.78, 5) is 53.0. The number of anilines is 1. The summed E-state index contributed by atoms with van der Waals surface area (Å²) in [5.74, 6) is -0.985. The Hall–Kier alpha value is -3.20. The highest BCUT2D eigenvalue weighted by Crippen LogP contribution is 2.29. The average Bonchev–Trinajstić information content (AvgIpc) is 3.24. The molecule has 1 aromatic heterocycles. The second kappa shape index (κ2) is 7.91. The van der Waals surface area contributed by atoms with Crippen molar-refractivity contribution in [2.24, 2.45) is 0 Å². The van der Waals surface area contributed by atoms with Crippen molar-refractivity contribution in [3.8, 4) is 0 Å². The lowest BCUT2D eigenvalue weighted by molar-refractivity contribution is -0.136. The molecular weight excluding hydrogens is 404 g/mol. The molecule has 4 rings (SSSR count). The number of piperidine rings is 1. The Morgan fingerprint density at radius 1 is 1.30 bits per heavy atom. The first-order chi connectivity index (χ1) is 14.3. The third-order valence-corrected chi connectivity index (χ3v) is 6.48. The van der Waals surface area contributed by atoms with Crippen LogP contribution in [0.5, 0.6) is 0 Å². The number of carbonyl (C=O) groups excluding carboxylic acids is 4. The molecule has 2 aromatic rings. The maximum absolute atomic E-state index is 12.7. The van der Waals surface area contributed by atoms with Gasteiger partial charge in [-0.2, -0.15) is 0 Å². The lowest BCUT2D eigenvalue weighted by Gasteiger charge is -2.29. The summed E-state index contributed by atoms with van der Waals surface area (Å²) < 4.78 is 0. The molecule has 0 bridgehead atoms. The molecule has 1 aromatic carbocycles. The van der Waals surface area contributed by atoms with Gasteiger partial charge >= 0.3 is 6.03 Å². The molecule has 0 spiro atoms. The molecule has 1 unspecified atom stereocenters. The van der Waals surface area contributed by atoms with Gasteiger partial charge in [0.15, 0.2) is 0 Å². The van der Waals surface area contributed by atoms with Gasteiger partial charge in [0.2, 0.25) is 11.8 Å². The number of rotatable bonds is 4. The third-order valence-electron chi connectivity index (χ3n) is 5.47. The van der Waals surface area contributed by atoms with E-state index in [1.165, 1.54) is 4.90 Å². The van der Waals surface area contributed by atoms with Crippen LogP contribution in [0.25, 0.3) is 0 Å². The van der Waals surface area contributed by atoms with Crippen LogP contribution in [0.3, 0.4) is 0 Å². The van der Waals surface area contributed by atoms with Gasteiger partial charge in [-0.05, 0) is 54.1 Å². The van der Waals surface area contributed by atoms with Gasteiger partial charge in [-0.1, -0.05) is 0 Å². The summed E-state index contributed by atoms with van der Waals surface area (Å²) in [6.45, 7) is 2.81. The van der Waals surface area contributed by atoms with Crippen LogP contribution in [-0.2, 0) is 22.7 Å². The number of amides is 5. The van der Waals surface area contributed by atoms with Crippen molar-refractivity contribution in [2.45, 2.75) is 38.9 Å². The Morgan fingerprint density at radius 3 is 2.80 bits per heavy atom. The van der Waals surface area contributed by atoms with E-state index in [9.17, 15) is 19.2 Å². The highest BCUT2D eigenvalue weighted by atomic mass is 32.1. The molecule has 9 heteroatoms. The predicted molar refractivity (Wildman–Crippen MR) is 112 cm³/mol. The van der Waals surface area contributed by atoms with Crippen LogP contribution in [0.15, 0.2) is 29.6 Å². The monoisotopic (exact) mass is 426 g/mol. The van der Waals surface area contributed by atoms with Crippen LogP contribution in [-0.4, -0.2) is 46.6 Å². The first-order valence-electron chi connectivity index (χ1n) is 9.66. The standard InChI is InChI=1S/C21H22N4O4S/c1-12-7-8-30-17(12)11-24(2)21(29)22-14-3-4-15-13(9-14)10-25(20(15)28)16-5-6-18(26)23-19(16)27/h3-4,7-9,16H,5-6,10-11H2,1-2H3,(H,22,29)(H,23,26,27). The van der Waals surface area contributed by atoms with E-state index in [0.717, 1.165) is 16.0 Å². The van der Waals surface area contributed by atoms with Crippen molar-refractivity contribution >= 4 is 40.8 Å². The Bertz CT molecular complexity index is 1050. The van der Waals surface area contributed by atoms with Gasteiger partial charge in [0.05, 0.1) is 6.54 Å². The first-order valence-corrected chi connectivity index (χ1v) is 10.5. The molecule has 5 amide bonds. The van der Waals surface area contributed by atoms with Crippen LogP contribution >= 0.6 is 11.3 Å². The van der Waals surface area contributed by atoms with Gasteiger partial charge in [-0.15, -0.1) is 11.3 Å². The van der Waals surface area contributed by atoms with Gasteiger partial charge in [-0.3, -0.25) is 19.7 Å². The van der Waals surface area contributed by atoms with E-state index < -0.39 is 11.9 Å². The molecule has 2 aliphatic heterocycles. The zero-order chi connectivity index (χ0) is 21.4. The maximum atomic E-state index is 12.7. The minimum absolute atomic E-state index is 0.216. The van der Waals surface area contributed by atoms with Gasteiger partial charge < -0.3 is 15.1 Å². The van der Waals surface area contributed by atoms with Crippen molar-refractivity contribution in [1.82, 2.24) is 15.1 Å². The number of urea groups is 1. The van der Waals surface area contributed by atoms with Gasteiger partial charge in [0.25, 0.3) is 5.91 Å². The van der Waals surface area contributed by atoms with Crippen LogP contribution in [0.1, 0.15) is 39.2 Å². The lowest BCUT2D eigenvalue weighted by Crippen LogP contribution is -2.52. The number of thiophene rings is 1. The molecule has 2 N–H and O–H groups in total. The van der Waals surface area contributed by atoms with E-state index in [1.807, 2.05) is 18.4 Å². The van der Waals surface area contributed by atoms with E-state index in [-0.39, 0.29) is 30.8 Å². The van der Waals surface area contributed by atoms with Gasteiger partial charge in [0.1, 0.15) is 6.04 Å². The second-order valence-electron chi connectivity index (χ2n) is 7.58. The normalized spacial score (nSPS) is 18.3. The fourth-order valence-corrected chi connectivity index (χ4v) is 4.68. The summed E-state index contributed by atoms with van der Waals surface area (Å²) in [6.07, 6.45) is 0.537. The Kier molecular flexibility index (Phi) is 5.29. The van der Waals surface area contributed by atoms with Crippen LogP contribution in [0.2, 0.25) is 0 Å². The SMILES string of the molecule is Cc1ccsc1CN(C)C(=O)Nc1ccc2c(c1)CN(C1CCC(=O)NC1=O)C2=O. The van der Waals surface area contributed by atoms with Crippen molar-refractivity contribution in [2.75, 3.05) is 12.4 Å². The zero-order valence-corrected chi connectivity index (χ0v) is 17.5. The quantitative estimate of drug-likeness (QED) is 0.734. The highest BCUT2D eigenvalue weighted by molar-refractivity contribution is 7.10. The van der Waals surface area contributed by atoms with E-state index >= 15 is 0 Å². The molecule has 30 heavy (non-hydrogen) atoms. The Labute approximate surface area is 177 Å². The summed E-state index contributed by atoms with van der Waals surface area (Å²) in [5.41, 5.74) is 3.01. The van der Waals surface area contributed by atoms with E-state index in [2.05, 4.69) is 10.6 Å². The summed E-state index contributed by atoms with van der Waals surface area (Å²) in [7, 11) is 1.73. The van der Waals surface area contributed by atoms with Crippen LogP contribution in [0, 0.1) is 6.92 Å². The van der Waals surface area contributed by atoms with E-state index in [4.69, 9.17) is 0 Å². The molecule has 0 aliphatic carbocycles. The van der Waals surface area contributed by atoms with Crippen molar-refractivity contribution < 1.29 is 19.2 Å². The minimum atomic E-state index is -0.652. The number of hydrogen-bond acceptors (Lipinski definition) is 5. The van der Waals surface area contributed by atoms with Crippen LogP contribution in [0.4, 0.5) is 10.5 Å². The fourth-order valence-electron chi connectivity index (χ4n) is 3.72. The average molecular weight is 426 g/mol. The minimum Gasteiger partial charge on any atom is -0.322 e. The van der Waals surface area contributed by atoms with Gasteiger partial charge in [-0.25, -0.2) is 4.79 Å². The topological polar surface area (TPSA) is 98.8 Å². The molecule has 1 fully saturated rings. The van der Waals surface area contributed by atoms with Crippen molar-refractivity contribution in [1.29, 1.82) is 0 Å². The first kappa shape index (κ1) is 20.1. The number of benzene rings is 1. The number of hydrogen-bond donors (Lipinski definition) is 2. The summed E-state index contributed by atoms with van der Waals surface area (Å²) >= 11 is 1.61. The molecule has 8 nitrogen and oxygen atoms in total.